The van der Waals surface area contributed by atoms with Crippen molar-refractivity contribution in [3.8, 4) is 22.5 Å². The molecule has 0 aliphatic rings. The number of anilines is 1. The minimum Gasteiger partial charge on any atom is -0.338 e. The van der Waals surface area contributed by atoms with Crippen LogP contribution in [0.3, 0.4) is 0 Å². The molecule has 0 spiro atoms. The summed E-state index contributed by atoms with van der Waals surface area (Å²) in [5.74, 6) is 0.463. The van der Waals surface area contributed by atoms with Crippen LogP contribution in [0, 0.1) is 6.92 Å². The summed E-state index contributed by atoms with van der Waals surface area (Å²) in [5, 5.41) is 9.93. The van der Waals surface area contributed by atoms with Gasteiger partial charge in [0, 0.05) is 30.1 Å². The lowest BCUT2D eigenvalue weighted by Gasteiger charge is -2.09. The average Bonchev–Trinajstić information content (AvgIpc) is 3.08. The summed E-state index contributed by atoms with van der Waals surface area (Å²) >= 11 is 0. The molecule has 0 radical (unpaired) electrons. The van der Waals surface area contributed by atoms with Gasteiger partial charge in [-0.15, -0.1) is 0 Å². The number of carbonyl (C=O) groups excluding carboxylic acids is 1. The van der Waals surface area contributed by atoms with Gasteiger partial charge >= 0.3 is 6.03 Å². The van der Waals surface area contributed by atoms with Crippen LogP contribution in [-0.4, -0.2) is 32.2 Å². The Hall–Kier alpha value is -3.74. The average molecular weight is 372 g/mol. The zero-order valence-electron chi connectivity index (χ0n) is 15.7. The van der Waals surface area contributed by atoms with Crippen molar-refractivity contribution >= 4 is 17.5 Å². The minimum absolute atomic E-state index is 0.290. The molecule has 2 N–H and O–H groups in total. The van der Waals surface area contributed by atoms with Gasteiger partial charge in [-0.3, -0.25) is 5.32 Å². The fraction of sp³-hybridized carbons (Fsp3) is 0.143. The molecule has 3 aromatic heterocycles. The van der Waals surface area contributed by atoms with E-state index >= 15 is 0 Å². The number of imidazole rings is 1. The highest BCUT2D eigenvalue weighted by atomic mass is 16.2. The van der Waals surface area contributed by atoms with Crippen LogP contribution in [0.15, 0.2) is 60.9 Å². The normalized spacial score (nSPS) is 10.8. The van der Waals surface area contributed by atoms with Crippen LogP contribution < -0.4 is 10.6 Å². The molecule has 4 rings (SSSR count). The van der Waals surface area contributed by atoms with E-state index in [9.17, 15) is 4.79 Å². The molecule has 7 heteroatoms. The molecular formula is C21H20N6O. The van der Waals surface area contributed by atoms with Gasteiger partial charge in [-0.25, -0.2) is 19.3 Å². The molecule has 0 aliphatic carbocycles. The van der Waals surface area contributed by atoms with Gasteiger partial charge in [-0.05, 0) is 44.2 Å². The van der Waals surface area contributed by atoms with E-state index in [0.717, 1.165) is 33.7 Å². The number of nitrogens with one attached hydrogen (secondary N) is 2. The lowest BCUT2D eigenvalue weighted by Crippen LogP contribution is -2.28. The Morgan fingerprint density at radius 3 is 2.79 bits per heavy atom. The number of aromatic nitrogens is 4. The van der Waals surface area contributed by atoms with Crippen molar-refractivity contribution in [1.29, 1.82) is 0 Å². The first-order chi connectivity index (χ1) is 13.7. The van der Waals surface area contributed by atoms with Crippen molar-refractivity contribution in [1.82, 2.24) is 24.9 Å². The van der Waals surface area contributed by atoms with Crippen molar-refractivity contribution in [3.63, 3.8) is 0 Å². The van der Waals surface area contributed by atoms with Crippen molar-refractivity contribution in [2.24, 2.45) is 0 Å². The van der Waals surface area contributed by atoms with Crippen LogP contribution in [0.25, 0.3) is 28.2 Å². The first kappa shape index (κ1) is 17.7. The van der Waals surface area contributed by atoms with Crippen molar-refractivity contribution < 1.29 is 4.79 Å². The third-order valence-corrected chi connectivity index (χ3v) is 4.30. The smallest absolute Gasteiger partial charge is 0.320 e. The number of pyridine rings is 1. The highest BCUT2D eigenvalue weighted by Gasteiger charge is 2.17. The number of nitrogens with zero attached hydrogens (tertiary/aromatic N) is 4. The molecule has 4 aromatic rings. The van der Waals surface area contributed by atoms with E-state index in [0.29, 0.717) is 12.4 Å². The second-order valence-electron chi connectivity index (χ2n) is 6.39. The Bertz CT molecular complexity index is 1150. The SMILES string of the molecule is CCNC(=O)Nc1cc(-c2c(-c3cccc(C)c3)nc3cccnn23)ccn1. The Morgan fingerprint density at radius 1 is 1.07 bits per heavy atom. The van der Waals surface area contributed by atoms with Crippen LogP contribution in [0.5, 0.6) is 0 Å². The molecule has 0 unspecified atom stereocenters. The summed E-state index contributed by atoms with van der Waals surface area (Å²) in [7, 11) is 0. The van der Waals surface area contributed by atoms with Gasteiger partial charge in [0.05, 0.1) is 5.69 Å². The maximum atomic E-state index is 11.9. The van der Waals surface area contributed by atoms with E-state index in [2.05, 4.69) is 39.8 Å². The predicted molar refractivity (Wildman–Crippen MR) is 109 cm³/mol. The third kappa shape index (κ3) is 3.42. The van der Waals surface area contributed by atoms with Crippen LogP contribution >= 0.6 is 0 Å². The summed E-state index contributed by atoms with van der Waals surface area (Å²) in [5.41, 5.74) is 5.46. The number of benzene rings is 1. The van der Waals surface area contributed by atoms with Gasteiger partial charge in [0.25, 0.3) is 0 Å². The van der Waals surface area contributed by atoms with Gasteiger partial charge in [0.15, 0.2) is 5.65 Å². The molecule has 2 amide bonds. The maximum absolute atomic E-state index is 11.9. The van der Waals surface area contributed by atoms with Gasteiger partial charge < -0.3 is 5.32 Å². The van der Waals surface area contributed by atoms with E-state index in [-0.39, 0.29) is 6.03 Å². The minimum atomic E-state index is -0.290. The van der Waals surface area contributed by atoms with Gasteiger partial charge in [0.1, 0.15) is 11.5 Å². The largest absolute Gasteiger partial charge is 0.338 e. The first-order valence-electron chi connectivity index (χ1n) is 9.08. The van der Waals surface area contributed by atoms with Crippen molar-refractivity contribution in [2.45, 2.75) is 13.8 Å². The molecule has 0 bridgehead atoms. The number of urea groups is 1. The second kappa shape index (κ2) is 7.48. The molecule has 0 saturated carbocycles. The van der Waals surface area contributed by atoms with E-state index in [4.69, 9.17) is 4.98 Å². The highest BCUT2D eigenvalue weighted by molar-refractivity contribution is 5.89. The quantitative estimate of drug-likeness (QED) is 0.569. The van der Waals surface area contributed by atoms with Crippen LogP contribution in [-0.2, 0) is 0 Å². The number of hydrogen-bond donors (Lipinski definition) is 2. The standard InChI is InChI=1S/C21H20N6O/c1-3-22-21(28)25-17-13-16(9-11-23-17)20-19(15-7-4-6-14(2)12-15)26-18-8-5-10-24-27(18)20/h4-13H,3H2,1-2H3,(H2,22,23,25,28). The van der Waals surface area contributed by atoms with E-state index in [1.54, 1.807) is 12.4 Å². The van der Waals surface area contributed by atoms with Gasteiger partial charge in [-0.2, -0.15) is 5.10 Å². The van der Waals surface area contributed by atoms with Crippen LogP contribution in [0.4, 0.5) is 10.6 Å². The molecule has 28 heavy (non-hydrogen) atoms. The first-order valence-corrected chi connectivity index (χ1v) is 9.08. The van der Waals surface area contributed by atoms with Gasteiger partial charge in [0.2, 0.25) is 0 Å². The van der Waals surface area contributed by atoms with Gasteiger partial charge in [-0.1, -0.05) is 23.8 Å². The summed E-state index contributed by atoms with van der Waals surface area (Å²) in [4.78, 5) is 20.9. The Morgan fingerprint density at radius 2 is 1.96 bits per heavy atom. The topological polar surface area (TPSA) is 84.2 Å². The predicted octanol–water partition coefficient (Wildman–Crippen LogP) is 3.91. The van der Waals surface area contributed by atoms with Crippen molar-refractivity contribution in [2.75, 3.05) is 11.9 Å². The second-order valence-corrected chi connectivity index (χ2v) is 6.39. The molecule has 7 nitrogen and oxygen atoms in total. The lowest BCUT2D eigenvalue weighted by molar-refractivity contribution is 0.252. The summed E-state index contributed by atoms with van der Waals surface area (Å²) in [6, 6.07) is 15.4. The summed E-state index contributed by atoms with van der Waals surface area (Å²) in [6.07, 6.45) is 3.40. The summed E-state index contributed by atoms with van der Waals surface area (Å²) in [6.45, 7) is 4.46. The van der Waals surface area contributed by atoms with Crippen molar-refractivity contribution in [3.05, 3.63) is 66.5 Å². The maximum Gasteiger partial charge on any atom is 0.320 e. The Kier molecular flexibility index (Phi) is 4.72. The number of fused-ring (bicyclic) bond motifs is 1. The molecule has 0 saturated heterocycles. The van der Waals surface area contributed by atoms with Crippen LogP contribution in [0.2, 0.25) is 0 Å². The molecule has 0 aliphatic heterocycles. The molecular weight excluding hydrogens is 352 g/mol. The Labute approximate surface area is 162 Å². The summed E-state index contributed by atoms with van der Waals surface area (Å²) < 4.78 is 1.81. The van der Waals surface area contributed by atoms with Crippen LogP contribution in [0.1, 0.15) is 12.5 Å². The highest BCUT2D eigenvalue weighted by Crippen LogP contribution is 2.33. The lowest BCUT2D eigenvalue weighted by atomic mass is 10.0. The monoisotopic (exact) mass is 372 g/mol. The molecule has 0 fully saturated rings. The molecule has 3 heterocycles. The molecule has 0 atom stereocenters. The van der Waals surface area contributed by atoms with E-state index < -0.39 is 0 Å². The number of aryl methyl sites for hydroxylation is 1. The fourth-order valence-corrected chi connectivity index (χ4v) is 3.11. The number of carbonyl (C=O) groups is 1. The fourth-order valence-electron chi connectivity index (χ4n) is 3.11. The third-order valence-electron chi connectivity index (χ3n) is 4.30. The number of amides is 2. The molecule has 1 aromatic carbocycles. The molecule has 140 valence electrons. The number of hydrogen-bond acceptors (Lipinski definition) is 4. The zero-order chi connectivity index (χ0) is 19.5. The zero-order valence-corrected chi connectivity index (χ0v) is 15.7. The Balaban J connectivity index is 1.86. The van der Waals surface area contributed by atoms with E-state index in [1.807, 2.05) is 47.8 Å². The van der Waals surface area contributed by atoms with E-state index in [1.165, 1.54) is 0 Å². The number of rotatable bonds is 4.